The topological polar surface area (TPSA) is 40.5 Å². The number of aromatic carboxylic acids is 1. The first-order valence-corrected chi connectivity index (χ1v) is 6.20. The van der Waals surface area contributed by atoms with Crippen molar-refractivity contribution in [2.45, 2.75) is 6.92 Å². The minimum absolute atomic E-state index is 0.114. The van der Waals surface area contributed by atoms with E-state index in [1.165, 1.54) is 11.6 Å². The number of carbonyl (C=O) groups is 1. The van der Waals surface area contributed by atoms with Gasteiger partial charge in [0.1, 0.15) is 0 Å². The van der Waals surface area contributed by atoms with Crippen LogP contribution in [0.15, 0.2) is 42.5 Å². The summed E-state index contributed by atoms with van der Waals surface area (Å²) in [6.45, 7) is 2.03. The molecule has 1 N–H and O–H groups in total. The third-order valence-corrected chi connectivity index (χ3v) is 3.30. The highest BCUT2D eigenvalue weighted by Crippen LogP contribution is 2.28. The highest BCUT2D eigenvalue weighted by molar-refractivity contribution is 6.33. The molecule has 19 heavy (non-hydrogen) atoms. The number of aryl methyl sites for hydroxylation is 1. The molecule has 0 aliphatic carbocycles. The Labute approximate surface area is 117 Å². The summed E-state index contributed by atoms with van der Waals surface area (Å²) in [5.74, 6) is -1.02. The zero-order valence-corrected chi connectivity index (χ0v) is 11.5. The number of carboxylic acids is 1. The number of carboxylic acid groups (broad SMARTS) is 1. The lowest BCUT2D eigenvalue weighted by atomic mass is 10.1. The van der Waals surface area contributed by atoms with Gasteiger partial charge in [0.15, 0.2) is 0 Å². The van der Waals surface area contributed by atoms with E-state index in [0.717, 1.165) is 11.4 Å². The zero-order chi connectivity index (χ0) is 14.0. The fraction of sp³-hybridized carbons (Fsp3) is 0.133. The molecule has 0 aromatic heterocycles. The zero-order valence-electron chi connectivity index (χ0n) is 10.7. The molecule has 0 radical (unpaired) electrons. The number of hydrogen-bond donors (Lipinski definition) is 1. The number of nitrogens with zero attached hydrogens (tertiary/aromatic N) is 1. The Morgan fingerprint density at radius 1 is 1.11 bits per heavy atom. The number of anilines is 2. The minimum atomic E-state index is -1.02. The smallest absolute Gasteiger partial charge is 0.337 e. The van der Waals surface area contributed by atoms with Crippen LogP contribution in [0.3, 0.4) is 0 Å². The first-order chi connectivity index (χ1) is 8.99. The van der Waals surface area contributed by atoms with Gasteiger partial charge in [-0.2, -0.15) is 0 Å². The molecule has 0 saturated carbocycles. The van der Waals surface area contributed by atoms with Gasteiger partial charge in [0, 0.05) is 18.4 Å². The summed E-state index contributed by atoms with van der Waals surface area (Å²) in [4.78, 5) is 12.9. The Bertz CT molecular complexity index is 608. The van der Waals surface area contributed by atoms with Crippen LogP contribution in [0.1, 0.15) is 15.9 Å². The van der Waals surface area contributed by atoms with Crippen LogP contribution in [0.25, 0.3) is 0 Å². The molecule has 98 valence electrons. The molecule has 0 bridgehead atoms. The van der Waals surface area contributed by atoms with Crippen molar-refractivity contribution in [2.24, 2.45) is 0 Å². The lowest BCUT2D eigenvalue weighted by molar-refractivity contribution is 0.0697. The molecule has 2 rings (SSSR count). The first kappa shape index (κ1) is 13.4. The van der Waals surface area contributed by atoms with Gasteiger partial charge in [-0.25, -0.2) is 4.79 Å². The Morgan fingerprint density at radius 2 is 1.68 bits per heavy atom. The van der Waals surface area contributed by atoms with Crippen molar-refractivity contribution in [3.63, 3.8) is 0 Å². The van der Waals surface area contributed by atoms with Crippen molar-refractivity contribution in [3.05, 3.63) is 58.6 Å². The van der Waals surface area contributed by atoms with Crippen LogP contribution in [0.2, 0.25) is 5.02 Å². The van der Waals surface area contributed by atoms with Crippen molar-refractivity contribution < 1.29 is 9.90 Å². The molecular formula is C15H14ClNO2. The van der Waals surface area contributed by atoms with Crippen LogP contribution in [-0.2, 0) is 0 Å². The van der Waals surface area contributed by atoms with Crippen molar-refractivity contribution >= 4 is 28.9 Å². The summed E-state index contributed by atoms with van der Waals surface area (Å²) in [5.41, 5.74) is 3.17. The maximum atomic E-state index is 10.9. The summed E-state index contributed by atoms with van der Waals surface area (Å²) >= 11 is 5.97. The second-order valence-electron chi connectivity index (χ2n) is 4.36. The monoisotopic (exact) mass is 275 g/mol. The normalized spacial score (nSPS) is 10.3. The van der Waals surface area contributed by atoms with E-state index >= 15 is 0 Å². The molecule has 2 aromatic rings. The van der Waals surface area contributed by atoms with Crippen LogP contribution in [0.4, 0.5) is 11.4 Å². The SMILES string of the molecule is Cc1ccc(N(C)c2ccc(C(=O)O)c(Cl)c2)cc1. The summed E-state index contributed by atoms with van der Waals surface area (Å²) in [6.07, 6.45) is 0. The van der Waals surface area contributed by atoms with Crippen molar-refractivity contribution in [1.29, 1.82) is 0 Å². The van der Waals surface area contributed by atoms with Gasteiger partial charge < -0.3 is 10.0 Å². The van der Waals surface area contributed by atoms with Gasteiger partial charge >= 0.3 is 5.97 Å². The molecule has 0 saturated heterocycles. The van der Waals surface area contributed by atoms with E-state index in [1.807, 2.05) is 43.1 Å². The second-order valence-corrected chi connectivity index (χ2v) is 4.77. The standard InChI is InChI=1S/C15H14ClNO2/c1-10-3-5-11(6-4-10)17(2)12-7-8-13(15(18)19)14(16)9-12/h3-9H,1-2H3,(H,18,19). The van der Waals surface area contributed by atoms with Crippen LogP contribution in [-0.4, -0.2) is 18.1 Å². The lowest BCUT2D eigenvalue weighted by Crippen LogP contribution is -2.10. The number of halogens is 1. The van der Waals surface area contributed by atoms with Gasteiger partial charge in [-0.3, -0.25) is 0 Å². The third-order valence-electron chi connectivity index (χ3n) is 2.99. The predicted octanol–water partition coefficient (Wildman–Crippen LogP) is 4.11. The maximum absolute atomic E-state index is 10.9. The molecule has 0 amide bonds. The fourth-order valence-corrected chi connectivity index (χ4v) is 2.06. The average Bonchev–Trinajstić information content (AvgIpc) is 2.38. The average molecular weight is 276 g/mol. The van der Waals surface area contributed by atoms with Gasteiger partial charge in [-0.05, 0) is 37.3 Å². The number of benzene rings is 2. The molecule has 0 aliphatic heterocycles. The minimum Gasteiger partial charge on any atom is -0.478 e. The highest BCUT2D eigenvalue weighted by Gasteiger charge is 2.11. The molecule has 0 unspecified atom stereocenters. The Hall–Kier alpha value is -2.00. The predicted molar refractivity (Wildman–Crippen MR) is 77.7 cm³/mol. The van der Waals surface area contributed by atoms with E-state index in [0.29, 0.717) is 0 Å². The molecule has 0 atom stereocenters. The third kappa shape index (κ3) is 2.88. The number of rotatable bonds is 3. The Balaban J connectivity index is 2.34. The molecule has 0 heterocycles. The Morgan fingerprint density at radius 3 is 2.21 bits per heavy atom. The van der Waals surface area contributed by atoms with Crippen molar-refractivity contribution in [3.8, 4) is 0 Å². The molecule has 4 heteroatoms. The first-order valence-electron chi connectivity index (χ1n) is 5.82. The van der Waals surface area contributed by atoms with Gasteiger partial charge in [-0.15, -0.1) is 0 Å². The van der Waals surface area contributed by atoms with Crippen molar-refractivity contribution in [1.82, 2.24) is 0 Å². The van der Waals surface area contributed by atoms with Gasteiger partial charge in [0.25, 0.3) is 0 Å². The van der Waals surface area contributed by atoms with Gasteiger partial charge in [-0.1, -0.05) is 29.3 Å². The number of hydrogen-bond acceptors (Lipinski definition) is 2. The van der Waals surface area contributed by atoms with E-state index in [-0.39, 0.29) is 10.6 Å². The highest BCUT2D eigenvalue weighted by atomic mass is 35.5. The summed E-state index contributed by atoms with van der Waals surface area (Å²) in [5, 5.41) is 9.18. The molecule has 0 fully saturated rings. The Kier molecular flexibility index (Phi) is 3.76. The van der Waals surface area contributed by atoms with E-state index in [1.54, 1.807) is 12.1 Å². The van der Waals surface area contributed by atoms with E-state index in [4.69, 9.17) is 16.7 Å². The summed E-state index contributed by atoms with van der Waals surface area (Å²) in [7, 11) is 1.91. The molecule has 0 spiro atoms. The van der Waals surface area contributed by atoms with Crippen molar-refractivity contribution in [2.75, 3.05) is 11.9 Å². The molecule has 2 aromatic carbocycles. The maximum Gasteiger partial charge on any atom is 0.337 e. The lowest BCUT2D eigenvalue weighted by Gasteiger charge is -2.20. The van der Waals surface area contributed by atoms with Crippen LogP contribution >= 0.6 is 11.6 Å². The molecule has 0 aliphatic rings. The van der Waals surface area contributed by atoms with Crippen LogP contribution in [0.5, 0.6) is 0 Å². The van der Waals surface area contributed by atoms with Gasteiger partial charge in [0.2, 0.25) is 0 Å². The quantitative estimate of drug-likeness (QED) is 0.916. The second kappa shape index (κ2) is 5.33. The largest absolute Gasteiger partial charge is 0.478 e. The van der Waals surface area contributed by atoms with Crippen LogP contribution < -0.4 is 4.90 Å². The molecular weight excluding hydrogens is 262 g/mol. The molecule has 3 nitrogen and oxygen atoms in total. The van der Waals surface area contributed by atoms with E-state index in [9.17, 15) is 4.79 Å². The fourth-order valence-electron chi connectivity index (χ4n) is 1.80. The van der Waals surface area contributed by atoms with E-state index in [2.05, 4.69) is 0 Å². The summed E-state index contributed by atoms with van der Waals surface area (Å²) < 4.78 is 0. The van der Waals surface area contributed by atoms with E-state index < -0.39 is 5.97 Å². The summed E-state index contributed by atoms with van der Waals surface area (Å²) in [6, 6.07) is 13.0. The van der Waals surface area contributed by atoms with Crippen LogP contribution in [0, 0.1) is 6.92 Å². The van der Waals surface area contributed by atoms with Gasteiger partial charge in [0.05, 0.1) is 10.6 Å².